The van der Waals surface area contributed by atoms with Crippen LogP contribution in [0.1, 0.15) is 0 Å². The van der Waals surface area contributed by atoms with Crippen LogP contribution in [0.3, 0.4) is 0 Å². The molecule has 56 valence electrons. The summed E-state index contributed by atoms with van der Waals surface area (Å²) in [7, 11) is 0. The minimum absolute atomic E-state index is 0.925. The molecule has 0 aromatic rings. The van der Waals surface area contributed by atoms with Gasteiger partial charge in [-0.3, -0.25) is 5.48 Å². The Hall–Kier alpha value is -0.0400. The second-order valence-corrected chi connectivity index (χ2v) is 3.31. The standard InChI is InChI=1S/C4H6N2O2S2/c1-2-9-8-6(1)4-3-5-7-10-4/h3,5H,1-2H2. The van der Waals surface area contributed by atoms with E-state index in [1.165, 1.54) is 24.1 Å². The van der Waals surface area contributed by atoms with Crippen LogP contribution in [0.25, 0.3) is 0 Å². The zero-order valence-corrected chi connectivity index (χ0v) is 6.70. The maximum absolute atomic E-state index is 5.18. The van der Waals surface area contributed by atoms with Crippen LogP contribution in [0.15, 0.2) is 11.2 Å². The third-order valence-electron chi connectivity index (χ3n) is 1.12. The molecule has 0 spiro atoms. The minimum Gasteiger partial charge on any atom is -0.258 e. The van der Waals surface area contributed by atoms with Gasteiger partial charge in [-0.1, -0.05) is 0 Å². The molecule has 2 aliphatic heterocycles. The summed E-state index contributed by atoms with van der Waals surface area (Å²) in [6.45, 7) is 0.925. The van der Waals surface area contributed by atoms with Crippen molar-refractivity contribution in [2.75, 3.05) is 12.3 Å². The Morgan fingerprint density at radius 2 is 2.70 bits per heavy atom. The molecule has 0 atom stereocenters. The summed E-state index contributed by atoms with van der Waals surface area (Å²) in [5, 5.41) is 2.78. The molecule has 2 aliphatic rings. The predicted molar refractivity (Wildman–Crippen MR) is 40.1 cm³/mol. The van der Waals surface area contributed by atoms with Crippen LogP contribution >= 0.6 is 24.1 Å². The van der Waals surface area contributed by atoms with E-state index in [2.05, 4.69) is 5.48 Å². The van der Waals surface area contributed by atoms with Crippen molar-refractivity contribution in [3.05, 3.63) is 11.2 Å². The molecular weight excluding hydrogens is 172 g/mol. The van der Waals surface area contributed by atoms with Gasteiger partial charge in [0, 0.05) is 17.8 Å². The quantitative estimate of drug-likeness (QED) is 0.600. The van der Waals surface area contributed by atoms with Gasteiger partial charge in [-0.05, 0) is 0 Å². The third kappa shape index (κ3) is 1.20. The van der Waals surface area contributed by atoms with Gasteiger partial charge in [-0.25, -0.2) is 9.35 Å². The largest absolute Gasteiger partial charge is 0.258 e. The van der Waals surface area contributed by atoms with E-state index in [1.807, 2.05) is 0 Å². The van der Waals surface area contributed by atoms with Crippen LogP contribution in [0.2, 0.25) is 0 Å². The first-order valence-corrected chi connectivity index (χ1v) is 4.48. The molecule has 0 amide bonds. The average Bonchev–Trinajstić information content (AvgIpc) is 2.59. The Morgan fingerprint density at radius 3 is 3.30 bits per heavy atom. The van der Waals surface area contributed by atoms with Gasteiger partial charge in [0.05, 0.1) is 24.8 Å². The summed E-state index contributed by atoms with van der Waals surface area (Å²) < 4.78 is 9.99. The van der Waals surface area contributed by atoms with Gasteiger partial charge >= 0.3 is 0 Å². The summed E-state index contributed by atoms with van der Waals surface area (Å²) in [6.07, 6.45) is 1.77. The number of nitrogens with zero attached hydrogens (tertiary/aromatic N) is 1. The topological polar surface area (TPSA) is 33.7 Å². The van der Waals surface area contributed by atoms with E-state index in [1.54, 1.807) is 11.3 Å². The molecule has 2 heterocycles. The van der Waals surface area contributed by atoms with E-state index in [9.17, 15) is 0 Å². The van der Waals surface area contributed by atoms with Crippen LogP contribution < -0.4 is 5.48 Å². The van der Waals surface area contributed by atoms with Gasteiger partial charge < -0.3 is 0 Å². The van der Waals surface area contributed by atoms with E-state index in [4.69, 9.17) is 8.57 Å². The molecule has 1 fully saturated rings. The van der Waals surface area contributed by atoms with Crippen molar-refractivity contribution in [2.24, 2.45) is 0 Å². The van der Waals surface area contributed by atoms with Crippen LogP contribution in [0, 0.1) is 0 Å². The SMILES string of the molecule is C1=C(N2CCSO2)SON1. The van der Waals surface area contributed by atoms with Crippen LogP contribution in [0.5, 0.6) is 0 Å². The maximum atomic E-state index is 5.18. The van der Waals surface area contributed by atoms with E-state index in [-0.39, 0.29) is 0 Å². The Morgan fingerprint density at radius 1 is 1.70 bits per heavy atom. The number of hydrogen-bond donors (Lipinski definition) is 1. The molecule has 6 heteroatoms. The fourth-order valence-electron chi connectivity index (χ4n) is 0.684. The van der Waals surface area contributed by atoms with Crippen LogP contribution in [0.4, 0.5) is 0 Å². The van der Waals surface area contributed by atoms with Crippen LogP contribution in [-0.4, -0.2) is 17.4 Å². The molecule has 0 saturated carbocycles. The summed E-state index contributed by atoms with van der Waals surface area (Å²) in [5.74, 6) is 1.01. The molecular formula is C4H6N2O2S2. The average molecular weight is 178 g/mol. The van der Waals surface area contributed by atoms with Gasteiger partial charge in [-0.15, -0.1) is 0 Å². The second kappa shape index (κ2) is 2.91. The third-order valence-corrected chi connectivity index (χ3v) is 2.43. The summed E-state index contributed by atoms with van der Waals surface area (Å²) in [6, 6.07) is 0. The molecule has 10 heavy (non-hydrogen) atoms. The zero-order valence-electron chi connectivity index (χ0n) is 5.07. The minimum atomic E-state index is 0.925. The highest BCUT2D eigenvalue weighted by atomic mass is 32.2. The molecule has 1 N–H and O–H groups in total. The van der Waals surface area contributed by atoms with Crippen LogP contribution in [-0.2, 0) is 8.57 Å². The van der Waals surface area contributed by atoms with Crippen molar-refractivity contribution in [2.45, 2.75) is 0 Å². The highest BCUT2D eigenvalue weighted by Crippen LogP contribution is 2.29. The smallest absolute Gasteiger partial charge is 0.146 e. The van der Waals surface area contributed by atoms with E-state index < -0.39 is 0 Å². The van der Waals surface area contributed by atoms with Crippen molar-refractivity contribution in [3.63, 3.8) is 0 Å². The van der Waals surface area contributed by atoms with Crippen molar-refractivity contribution in [1.29, 1.82) is 0 Å². The predicted octanol–water partition coefficient (Wildman–Crippen LogP) is 0.864. The van der Waals surface area contributed by atoms with Gasteiger partial charge in [-0.2, -0.15) is 4.28 Å². The lowest BCUT2D eigenvalue weighted by atomic mass is 10.7. The van der Waals surface area contributed by atoms with Crippen molar-refractivity contribution >= 4 is 24.1 Å². The van der Waals surface area contributed by atoms with Gasteiger partial charge in [0.15, 0.2) is 0 Å². The summed E-state index contributed by atoms with van der Waals surface area (Å²) >= 11 is 2.73. The highest BCUT2D eigenvalue weighted by molar-refractivity contribution is 7.98. The molecule has 0 aliphatic carbocycles. The number of rotatable bonds is 1. The monoisotopic (exact) mass is 178 g/mol. The highest BCUT2D eigenvalue weighted by Gasteiger charge is 2.20. The molecule has 1 saturated heterocycles. The normalized spacial score (nSPS) is 24.8. The van der Waals surface area contributed by atoms with E-state index in [0.717, 1.165) is 17.3 Å². The second-order valence-electron chi connectivity index (χ2n) is 1.77. The fourth-order valence-corrected chi connectivity index (χ4v) is 1.82. The molecule has 0 bridgehead atoms. The Labute approximate surface area is 67.2 Å². The van der Waals surface area contributed by atoms with Crippen molar-refractivity contribution in [3.8, 4) is 0 Å². The fraction of sp³-hybridized carbons (Fsp3) is 0.500. The number of hydrogen-bond acceptors (Lipinski definition) is 6. The lowest BCUT2D eigenvalue weighted by Crippen LogP contribution is -2.14. The lowest BCUT2D eigenvalue weighted by Gasteiger charge is -2.11. The Kier molecular flexibility index (Phi) is 1.94. The van der Waals surface area contributed by atoms with E-state index >= 15 is 0 Å². The zero-order chi connectivity index (χ0) is 6.81. The number of hydroxylamine groups is 3. The molecule has 2 rings (SSSR count). The molecule has 0 aromatic heterocycles. The van der Waals surface area contributed by atoms with Gasteiger partial charge in [0.1, 0.15) is 5.03 Å². The van der Waals surface area contributed by atoms with E-state index in [0.29, 0.717) is 0 Å². The molecule has 0 aromatic carbocycles. The van der Waals surface area contributed by atoms with Crippen molar-refractivity contribution < 1.29 is 8.57 Å². The summed E-state index contributed by atoms with van der Waals surface area (Å²) in [5.41, 5.74) is 2.62. The Bertz CT molecular complexity index is 157. The first-order chi connectivity index (χ1) is 4.97. The molecule has 4 nitrogen and oxygen atoms in total. The Balaban J connectivity index is 1.97. The summed E-state index contributed by atoms with van der Waals surface area (Å²) in [4.78, 5) is 0. The van der Waals surface area contributed by atoms with Gasteiger partial charge in [0.2, 0.25) is 0 Å². The van der Waals surface area contributed by atoms with Crippen molar-refractivity contribution in [1.82, 2.24) is 10.5 Å². The first kappa shape index (κ1) is 6.66. The molecule has 0 radical (unpaired) electrons. The number of nitrogens with one attached hydrogen (secondary N) is 1. The lowest BCUT2D eigenvalue weighted by molar-refractivity contribution is 0.0394. The molecule has 0 unspecified atom stereocenters. The van der Waals surface area contributed by atoms with Gasteiger partial charge in [0.25, 0.3) is 0 Å². The first-order valence-electron chi connectivity index (χ1n) is 2.83. The maximum Gasteiger partial charge on any atom is 0.146 e.